The van der Waals surface area contributed by atoms with Crippen LogP contribution in [-0.2, 0) is 37.3 Å². The van der Waals surface area contributed by atoms with E-state index in [2.05, 4.69) is 76.0 Å². The molecule has 5 heteroatoms. The van der Waals surface area contributed by atoms with E-state index in [0.717, 1.165) is 27.9 Å². The second kappa shape index (κ2) is 17.1. The molecule has 2 heterocycles. The Morgan fingerprint density at radius 3 is 2.02 bits per heavy atom. The van der Waals surface area contributed by atoms with Crippen molar-refractivity contribution in [2.45, 2.75) is 106 Å². The summed E-state index contributed by atoms with van der Waals surface area (Å²) in [6.45, 7) is 9.03. The number of rotatable bonds is 7. The number of hydrogen-bond donors (Lipinski definition) is 1. The van der Waals surface area contributed by atoms with Crippen LogP contribution in [-0.4, -0.2) is 19.6 Å². The van der Waals surface area contributed by atoms with Crippen LogP contribution in [0.5, 0.6) is 5.75 Å². The van der Waals surface area contributed by atoms with Gasteiger partial charge in [0.2, 0.25) is 0 Å². The Morgan fingerprint density at radius 1 is 0.641 bits per heavy atom. The molecule has 4 nitrogen and oxygen atoms in total. The average molecular weight is 1040 g/mol. The van der Waals surface area contributed by atoms with Crippen molar-refractivity contribution in [2.75, 3.05) is 0 Å². The van der Waals surface area contributed by atoms with Gasteiger partial charge >= 0.3 is 0 Å². The zero-order valence-corrected chi connectivity index (χ0v) is 40.0. The SMILES string of the molecule is [2H]c1nc(-c2[c-]c(-c3cccc4c3nc(-c3cc(C)cc(C)c3O)n4-c3ccc(C(C)(C)C(C)(C)C)cc3-c3ccccc3)cc(C(C)(C)C)c2)c([2H])c(-c2c([2H])c([2H])c(C(C([2H])([2H])[2H])(C([2H])([2H])[2H])C([2H])([2H])[2H])c([2H])c2[2H])c1[2H].[Pt]. The fraction of sp³-hybridized carbons (Fsp3) is 0.288. The Labute approximate surface area is 418 Å². The van der Waals surface area contributed by atoms with Gasteiger partial charge in [-0.2, -0.15) is 0 Å². The third-order valence-electron chi connectivity index (χ3n) is 12.4. The van der Waals surface area contributed by atoms with E-state index >= 15 is 0 Å². The Bertz CT molecular complexity index is 3690. The van der Waals surface area contributed by atoms with Crippen LogP contribution in [0.4, 0.5) is 0 Å². The number of benzene rings is 6. The normalized spacial score (nSPS) is 16.6. The van der Waals surface area contributed by atoms with E-state index in [1.54, 1.807) is 6.07 Å². The molecule has 0 amide bonds. The minimum Gasteiger partial charge on any atom is -0.507 e. The summed E-state index contributed by atoms with van der Waals surface area (Å²) in [5.74, 6) is 0.499. The van der Waals surface area contributed by atoms with Crippen LogP contribution < -0.4 is 0 Å². The molecule has 8 rings (SSSR count). The van der Waals surface area contributed by atoms with Gasteiger partial charge in [0.1, 0.15) is 11.6 Å². The van der Waals surface area contributed by atoms with Gasteiger partial charge in [0.15, 0.2) is 0 Å². The molecule has 0 saturated heterocycles. The van der Waals surface area contributed by atoms with Gasteiger partial charge in [0.05, 0.1) is 31.9 Å². The van der Waals surface area contributed by atoms with Crippen LogP contribution in [0.3, 0.4) is 0 Å². The molecule has 0 aliphatic heterocycles. The van der Waals surface area contributed by atoms with Crippen molar-refractivity contribution in [2.24, 2.45) is 5.41 Å². The molecular weight excluding hydrogens is 962 g/mol. The number of hydrogen-bond acceptors (Lipinski definition) is 3. The topological polar surface area (TPSA) is 50.9 Å². The van der Waals surface area contributed by atoms with Gasteiger partial charge in [-0.15, -0.1) is 29.3 Å². The van der Waals surface area contributed by atoms with E-state index in [1.165, 1.54) is 0 Å². The minimum atomic E-state index is -3.92. The summed E-state index contributed by atoms with van der Waals surface area (Å²) in [6, 6.07) is 26.7. The Hall–Kier alpha value is -5.57. The monoisotopic (exact) mass is 1040 g/mol. The van der Waals surface area contributed by atoms with E-state index in [-0.39, 0.29) is 48.9 Å². The number of phenols is 1. The minimum absolute atomic E-state index is 0. The Morgan fingerprint density at radius 2 is 1.34 bits per heavy atom. The number of aryl methyl sites for hydroxylation is 2. The average Bonchev–Trinajstić information content (AvgIpc) is 3.87. The number of fused-ring (bicyclic) bond motifs is 1. The van der Waals surface area contributed by atoms with Crippen LogP contribution in [0.2, 0.25) is 0 Å². The molecule has 8 aromatic rings. The maximum Gasteiger partial charge on any atom is 0.148 e. The maximum absolute atomic E-state index is 11.9. The molecule has 2 aromatic heterocycles. The van der Waals surface area contributed by atoms with E-state index in [1.807, 2.05) is 93.8 Å². The van der Waals surface area contributed by atoms with Gasteiger partial charge in [0.25, 0.3) is 0 Å². The summed E-state index contributed by atoms with van der Waals surface area (Å²) in [5.41, 5.74) is 0.961. The third kappa shape index (κ3) is 8.79. The summed E-state index contributed by atoms with van der Waals surface area (Å²) in [4.78, 5) is 9.80. The van der Waals surface area contributed by atoms with Gasteiger partial charge in [-0.1, -0.05) is 172 Å². The maximum atomic E-state index is 11.9. The van der Waals surface area contributed by atoms with Crippen LogP contribution in [0.15, 0.2) is 133 Å². The predicted molar refractivity (Wildman–Crippen MR) is 266 cm³/mol. The van der Waals surface area contributed by atoms with Gasteiger partial charge in [-0.05, 0) is 105 Å². The first-order valence-corrected chi connectivity index (χ1v) is 21.0. The second-order valence-corrected chi connectivity index (χ2v) is 19.0. The molecule has 0 bridgehead atoms. The van der Waals surface area contributed by atoms with E-state index < -0.39 is 90.5 Å². The standard InChI is InChI=1S/C59H62N3O.Pt/c1-37-30-38(2)54(63)49(31-37)55-61-53-47(20-17-21-52(53)62(55)51-27-26-45(59(12,13)58(9,10)11)36-48(51)40-18-15-14-16-19-40)42-32-43(34-46(33-42)57(6,7)8)50-35-41(28-29-60-50)39-22-24-44(25-23-39)56(3,4)5;/h14-31,33-36,63H,1-13H3;/q-1;/i3D3,4D3,5D3,22D,23D,24D,25D,28D,29D,35D;. The molecule has 0 spiro atoms. The molecule has 0 fully saturated rings. The van der Waals surface area contributed by atoms with Crippen molar-refractivity contribution < 1.29 is 48.1 Å². The second-order valence-electron chi connectivity index (χ2n) is 19.0. The first-order valence-electron chi connectivity index (χ1n) is 29.0. The molecule has 64 heavy (non-hydrogen) atoms. The molecule has 0 unspecified atom stereocenters. The van der Waals surface area contributed by atoms with Crippen LogP contribution in [0.25, 0.3) is 72.7 Å². The van der Waals surface area contributed by atoms with E-state index in [0.29, 0.717) is 44.7 Å². The molecule has 0 atom stereocenters. The zero-order valence-electron chi connectivity index (χ0n) is 53.8. The molecule has 0 saturated carbocycles. The first kappa shape index (κ1) is 29.8. The number of pyridine rings is 1. The Balaban J connectivity index is 0.00000924. The molecule has 1 N–H and O–H groups in total. The summed E-state index contributed by atoms with van der Waals surface area (Å²) in [6.07, 6.45) is -0.746. The van der Waals surface area contributed by atoms with Gasteiger partial charge in [-0.3, -0.25) is 9.55 Å². The van der Waals surface area contributed by atoms with Gasteiger partial charge in [-0.25, -0.2) is 4.98 Å². The largest absolute Gasteiger partial charge is 0.507 e. The van der Waals surface area contributed by atoms with Crippen molar-refractivity contribution in [3.63, 3.8) is 0 Å². The smallest absolute Gasteiger partial charge is 0.148 e. The molecule has 0 radical (unpaired) electrons. The molecule has 330 valence electrons. The van der Waals surface area contributed by atoms with Crippen molar-refractivity contribution >= 4 is 11.0 Å². The number of nitrogens with zero attached hydrogens (tertiary/aromatic N) is 3. The molecule has 0 aliphatic carbocycles. The molecule has 6 aromatic carbocycles. The predicted octanol–water partition coefficient (Wildman–Crippen LogP) is 15.8. The number of para-hydroxylation sites is 1. The van der Waals surface area contributed by atoms with Gasteiger partial charge < -0.3 is 5.11 Å². The number of phenolic OH excluding ortho intramolecular Hbond substituents is 1. The van der Waals surface area contributed by atoms with Crippen molar-refractivity contribution in [3.05, 3.63) is 167 Å². The van der Waals surface area contributed by atoms with Crippen molar-refractivity contribution in [1.82, 2.24) is 14.5 Å². The first-order chi connectivity index (χ1) is 36.3. The number of aromatic hydroxyl groups is 1. The molecule has 0 aliphatic rings. The fourth-order valence-corrected chi connectivity index (χ4v) is 7.74. The van der Waals surface area contributed by atoms with Gasteiger partial charge in [0, 0.05) is 50.8 Å². The van der Waals surface area contributed by atoms with Crippen LogP contribution in [0.1, 0.15) is 126 Å². The summed E-state index contributed by atoms with van der Waals surface area (Å²) in [5, 5.41) is 11.9. The van der Waals surface area contributed by atoms with Crippen LogP contribution in [0, 0.1) is 25.3 Å². The quantitative estimate of drug-likeness (QED) is 0.162. The van der Waals surface area contributed by atoms with Crippen molar-refractivity contribution in [3.8, 4) is 67.5 Å². The van der Waals surface area contributed by atoms with Crippen molar-refractivity contribution in [1.29, 1.82) is 0 Å². The van der Waals surface area contributed by atoms with E-state index in [9.17, 15) is 6.48 Å². The zero-order chi connectivity index (χ0) is 58.8. The molecular formula is C59H62N3OPt-. The number of aromatic nitrogens is 3. The summed E-state index contributed by atoms with van der Waals surface area (Å²) < 4.78 is 140. The fourth-order valence-electron chi connectivity index (χ4n) is 7.74. The third-order valence-corrected chi connectivity index (χ3v) is 12.4. The summed E-state index contributed by atoms with van der Waals surface area (Å²) >= 11 is 0. The Kier molecular flexibility index (Phi) is 7.96. The number of imidazole rings is 1. The summed E-state index contributed by atoms with van der Waals surface area (Å²) in [7, 11) is 0. The van der Waals surface area contributed by atoms with Crippen LogP contribution >= 0.6 is 0 Å². The van der Waals surface area contributed by atoms with E-state index in [4.69, 9.17) is 25.5 Å².